The number of rotatable bonds is 2. The highest BCUT2D eigenvalue weighted by molar-refractivity contribution is 5.87. The van der Waals surface area contributed by atoms with Gasteiger partial charge in [0.1, 0.15) is 5.75 Å². The van der Waals surface area contributed by atoms with E-state index in [0.717, 1.165) is 23.3 Å². The third kappa shape index (κ3) is 1.52. The molecule has 3 atom stereocenters. The van der Waals surface area contributed by atoms with E-state index in [1.165, 1.54) is 7.11 Å². The fourth-order valence-electron chi connectivity index (χ4n) is 3.77. The number of benzene rings is 2. The molecule has 3 nitrogen and oxygen atoms in total. The van der Waals surface area contributed by atoms with Gasteiger partial charge in [-0.3, -0.25) is 0 Å². The zero-order valence-electron chi connectivity index (χ0n) is 11.8. The van der Waals surface area contributed by atoms with Crippen molar-refractivity contribution in [2.45, 2.75) is 23.9 Å². The fourth-order valence-corrected chi connectivity index (χ4v) is 3.77. The topological polar surface area (TPSA) is 35.5 Å². The summed E-state index contributed by atoms with van der Waals surface area (Å²) in [4.78, 5) is 12.5. The van der Waals surface area contributed by atoms with Gasteiger partial charge in [-0.05, 0) is 18.1 Å². The third-order valence-electron chi connectivity index (χ3n) is 4.79. The molecule has 1 aliphatic carbocycles. The number of ether oxygens (including phenoxy) is 2. The fraction of sp³-hybridized carbons (Fsp3) is 0.278. The number of para-hydroxylation sites is 1. The Morgan fingerprint density at radius 3 is 2.57 bits per heavy atom. The summed E-state index contributed by atoms with van der Waals surface area (Å²) in [5.41, 5.74) is 1.36. The van der Waals surface area contributed by atoms with Crippen LogP contribution in [0.1, 0.15) is 29.4 Å². The molecule has 0 amide bonds. The molecule has 1 aliphatic heterocycles. The molecule has 2 aromatic rings. The van der Waals surface area contributed by atoms with Crippen molar-refractivity contribution in [3.8, 4) is 5.75 Å². The molecule has 0 saturated heterocycles. The Balaban J connectivity index is 1.80. The van der Waals surface area contributed by atoms with Crippen molar-refractivity contribution in [3.63, 3.8) is 0 Å². The van der Waals surface area contributed by atoms with Gasteiger partial charge >= 0.3 is 5.97 Å². The van der Waals surface area contributed by atoms with Gasteiger partial charge in [0, 0.05) is 17.4 Å². The van der Waals surface area contributed by atoms with Crippen LogP contribution in [-0.4, -0.2) is 18.7 Å². The van der Waals surface area contributed by atoms with E-state index in [9.17, 15) is 4.79 Å². The second-order valence-electron chi connectivity index (χ2n) is 5.68. The van der Waals surface area contributed by atoms with Crippen molar-refractivity contribution in [2.24, 2.45) is 0 Å². The van der Waals surface area contributed by atoms with Crippen molar-refractivity contribution >= 4 is 5.97 Å². The molecule has 0 N–H and O–H groups in total. The minimum Gasteiger partial charge on any atom is -0.474 e. The van der Waals surface area contributed by atoms with Crippen molar-refractivity contribution in [1.82, 2.24) is 0 Å². The van der Waals surface area contributed by atoms with Gasteiger partial charge in [-0.2, -0.15) is 0 Å². The van der Waals surface area contributed by atoms with Crippen LogP contribution < -0.4 is 4.74 Å². The lowest BCUT2D eigenvalue weighted by atomic mass is 9.57. The van der Waals surface area contributed by atoms with Gasteiger partial charge in [0.05, 0.1) is 7.11 Å². The maximum absolute atomic E-state index is 12.5. The molecule has 0 aromatic heterocycles. The van der Waals surface area contributed by atoms with E-state index >= 15 is 0 Å². The maximum Gasteiger partial charge on any atom is 0.351 e. The third-order valence-corrected chi connectivity index (χ3v) is 4.79. The molecule has 0 bridgehead atoms. The van der Waals surface area contributed by atoms with Crippen molar-refractivity contribution in [1.29, 1.82) is 0 Å². The Morgan fingerprint density at radius 2 is 1.81 bits per heavy atom. The molecule has 1 saturated carbocycles. The lowest BCUT2D eigenvalue weighted by Gasteiger charge is -2.48. The summed E-state index contributed by atoms with van der Waals surface area (Å²) < 4.78 is 11.2. The van der Waals surface area contributed by atoms with Crippen LogP contribution in [0.2, 0.25) is 0 Å². The number of esters is 1. The van der Waals surface area contributed by atoms with Gasteiger partial charge in [-0.25, -0.2) is 4.79 Å². The average Bonchev–Trinajstić information content (AvgIpc) is 2.77. The summed E-state index contributed by atoms with van der Waals surface area (Å²) in [6.07, 6.45) is 0.913. The molecule has 1 heterocycles. The minimum absolute atomic E-state index is 0.0450. The Bertz CT molecular complexity index is 695. The Kier molecular flexibility index (Phi) is 2.58. The number of carbonyl (C=O) groups excluding carboxylic acids is 1. The minimum atomic E-state index is -0.889. The number of hydrogen-bond acceptors (Lipinski definition) is 3. The molecule has 0 unspecified atom stereocenters. The summed E-state index contributed by atoms with van der Waals surface area (Å²) >= 11 is 0. The molecule has 0 spiro atoms. The predicted octanol–water partition coefficient (Wildman–Crippen LogP) is 3.26. The number of methoxy groups -OCH3 is 1. The second-order valence-corrected chi connectivity index (χ2v) is 5.68. The summed E-state index contributed by atoms with van der Waals surface area (Å²) in [7, 11) is 1.43. The summed E-state index contributed by atoms with van der Waals surface area (Å²) in [6, 6.07) is 18.0. The average molecular weight is 280 g/mol. The van der Waals surface area contributed by atoms with Crippen molar-refractivity contribution in [3.05, 3.63) is 65.7 Å². The van der Waals surface area contributed by atoms with Crippen LogP contribution in [0, 0.1) is 0 Å². The first-order valence-electron chi connectivity index (χ1n) is 7.18. The van der Waals surface area contributed by atoms with Crippen LogP contribution in [0.5, 0.6) is 5.75 Å². The Morgan fingerprint density at radius 1 is 1.10 bits per heavy atom. The normalized spacial score (nSPS) is 28.8. The van der Waals surface area contributed by atoms with Gasteiger partial charge in [0.2, 0.25) is 5.60 Å². The van der Waals surface area contributed by atoms with Gasteiger partial charge < -0.3 is 9.47 Å². The first-order chi connectivity index (χ1) is 10.3. The summed E-state index contributed by atoms with van der Waals surface area (Å²) in [5.74, 6) is 0.671. The zero-order chi connectivity index (χ0) is 14.4. The highest BCUT2D eigenvalue weighted by Crippen LogP contribution is 2.63. The van der Waals surface area contributed by atoms with Crippen LogP contribution in [0.25, 0.3) is 0 Å². The SMILES string of the molecule is COC(=O)[C@]12Oc3ccccc3[C@H]1C[C@@H]2c1ccccc1. The largest absolute Gasteiger partial charge is 0.474 e. The van der Waals surface area contributed by atoms with Crippen LogP contribution >= 0.6 is 0 Å². The molecule has 21 heavy (non-hydrogen) atoms. The van der Waals surface area contributed by atoms with Gasteiger partial charge in [0.25, 0.3) is 0 Å². The molecule has 2 aromatic carbocycles. The zero-order valence-corrected chi connectivity index (χ0v) is 11.8. The number of fused-ring (bicyclic) bond motifs is 3. The highest BCUT2D eigenvalue weighted by atomic mass is 16.6. The molecule has 3 heteroatoms. The number of carbonyl (C=O) groups is 1. The van der Waals surface area contributed by atoms with Crippen LogP contribution in [-0.2, 0) is 9.53 Å². The van der Waals surface area contributed by atoms with Crippen LogP contribution in [0.4, 0.5) is 0 Å². The summed E-state index contributed by atoms with van der Waals surface area (Å²) in [5, 5.41) is 0. The monoisotopic (exact) mass is 280 g/mol. The van der Waals surface area contributed by atoms with E-state index < -0.39 is 5.60 Å². The highest BCUT2D eigenvalue weighted by Gasteiger charge is 2.68. The quantitative estimate of drug-likeness (QED) is 0.792. The van der Waals surface area contributed by atoms with E-state index in [1.807, 2.05) is 42.5 Å². The Hall–Kier alpha value is -2.29. The van der Waals surface area contributed by atoms with Crippen molar-refractivity contribution in [2.75, 3.05) is 7.11 Å². The first-order valence-corrected chi connectivity index (χ1v) is 7.18. The number of hydrogen-bond donors (Lipinski definition) is 0. The molecular weight excluding hydrogens is 264 g/mol. The molecule has 4 rings (SSSR count). The van der Waals surface area contributed by atoms with Crippen LogP contribution in [0.3, 0.4) is 0 Å². The lowest BCUT2D eigenvalue weighted by Crippen LogP contribution is -2.59. The Labute approximate surface area is 123 Å². The second kappa shape index (κ2) is 4.35. The van der Waals surface area contributed by atoms with E-state index in [2.05, 4.69) is 12.1 Å². The van der Waals surface area contributed by atoms with E-state index in [-0.39, 0.29) is 17.8 Å². The van der Waals surface area contributed by atoms with Gasteiger partial charge in [-0.15, -0.1) is 0 Å². The van der Waals surface area contributed by atoms with E-state index in [1.54, 1.807) is 0 Å². The maximum atomic E-state index is 12.5. The standard InChI is InChI=1S/C18H16O3/c1-20-17(19)18-14(12-7-3-2-4-8-12)11-15(18)13-9-5-6-10-16(13)21-18/h2-10,14-15H,11H2,1H3/t14-,15-,18-/m1/s1. The van der Waals surface area contributed by atoms with E-state index in [0.29, 0.717) is 0 Å². The van der Waals surface area contributed by atoms with Gasteiger partial charge in [0.15, 0.2) is 0 Å². The molecule has 0 radical (unpaired) electrons. The smallest absolute Gasteiger partial charge is 0.351 e. The molecule has 2 aliphatic rings. The predicted molar refractivity (Wildman–Crippen MR) is 78.4 cm³/mol. The first kappa shape index (κ1) is 12.5. The van der Waals surface area contributed by atoms with Gasteiger partial charge in [-0.1, -0.05) is 48.5 Å². The van der Waals surface area contributed by atoms with Crippen molar-refractivity contribution < 1.29 is 14.3 Å². The molecule has 106 valence electrons. The molecule has 1 fully saturated rings. The molecular formula is C18H16O3. The van der Waals surface area contributed by atoms with Crippen LogP contribution in [0.15, 0.2) is 54.6 Å². The summed E-state index contributed by atoms with van der Waals surface area (Å²) in [6.45, 7) is 0. The van der Waals surface area contributed by atoms with E-state index in [4.69, 9.17) is 9.47 Å². The lowest BCUT2D eigenvalue weighted by molar-refractivity contribution is -0.170.